The molecule has 0 saturated carbocycles. The van der Waals surface area contributed by atoms with Crippen LogP contribution in [0.15, 0.2) is 48.5 Å². The highest BCUT2D eigenvalue weighted by Gasteiger charge is 1.96. The number of hydrogen-bond acceptors (Lipinski definition) is 1. The molecular weight excluding hydrogens is 208 g/mol. The molecule has 0 unspecified atom stereocenters. The summed E-state index contributed by atoms with van der Waals surface area (Å²) in [7, 11) is 0. The standard InChI is InChI=1S/C13H10ClO/c14-12-7-4-8-13(9-12)15-10-11-5-2-1-3-6-11/h1-8H,10H2. The highest BCUT2D eigenvalue weighted by Crippen LogP contribution is 2.17. The van der Waals surface area contributed by atoms with Gasteiger partial charge in [0, 0.05) is 6.07 Å². The van der Waals surface area contributed by atoms with Gasteiger partial charge in [0.2, 0.25) is 0 Å². The first kappa shape index (κ1) is 10.1. The van der Waals surface area contributed by atoms with E-state index in [1.807, 2.05) is 42.5 Å². The van der Waals surface area contributed by atoms with E-state index in [2.05, 4.69) is 6.07 Å². The van der Waals surface area contributed by atoms with Crippen molar-refractivity contribution in [2.75, 3.05) is 0 Å². The minimum Gasteiger partial charge on any atom is -0.488 e. The summed E-state index contributed by atoms with van der Waals surface area (Å²) in [5.41, 5.74) is 1.13. The summed E-state index contributed by atoms with van der Waals surface area (Å²) < 4.78 is 5.53. The van der Waals surface area contributed by atoms with Crippen LogP contribution in [0.4, 0.5) is 0 Å². The average molecular weight is 218 g/mol. The summed E-state index contributed by atoms with van der Waals surface area (Å²) in [4.78, 5) is 0. The molecule has 0 spiro atoms. The maximum absolute atomic E-state index is 5.79. The highest BCUT2D eigenvalue weighted by molar-refractivity contribution is 6.30. The molecule has 0 aliphatic rings. The second-order valence-corrected chi connectivity index (χ2v) is 3.54. The van der Waals surface area contributed by atoms with Gasteiger partial charge in [0.1, 0.15) is 12.4 Å². The van der Waals surface area contributed by atoms with E-state index in [0.29, 0.717) is 17.4 Å². The second-order valence-electron chi connectivity index (χ2n) is 3.14. The number of hydrogen-bond donors (Lipinski definition) is 0. The molecule has 0 aliphatic carbocycles. The van der Waals surface area contributed by atoms with E-state index >= 15 is 0 Å². The van der Waals surface area contributed by atoms with Crippen LogP contribution in [0, 0.1) is 6.07 Å². The van der Waals surface area contributed by atoms with Gasteiger partial charge in [-0.15, -0.1) is 0 Å². The van der Waals surface area contributed by atoms with Gasteiger partial charge in [-0.05, 0) is 17.7 Å². The summed E-state index contributed by atoms with van der Waals surface area (Å²) in [6, 6.07) is 18.4. The van der Waals surface area contributed by atoms with Crippen LogP contribution < -0.4 is 4.74 Å². The van der Waals surface area contributed by atoms with Crippen molar-refractivity contribution in [3.8, 4) is 5.75 Å². The Hall–Kier alpha value is -1.47. The first-order valence-electron chi connectivity index (χ1n) is 4.69. The SMILES string of the molecule is Clc1[c]c(OCc2ccccc2)ccc1. The molecule has 2 rings (SSSR count). The molecule has 2 heteroatoms. The maximum Gasteiger partial charge on any atom is 0.129 e. The summed E-state index contributed by atoms with van der Waals surface area (Å²) in [5, 5.41) is 0.570. The minimum absolute atomic E-state index is 0.539. The summed E-state index contributed by atoms with van der Waals surface area (Å²) in [5.74, 6) is 0.673. The molecule has 1 radical (unpaired) electrons. The van der Waals surface area contributed by atoms with Gasteiger partial charge in [0.15, 0.2) is 0 Å². The van der Waals surface area contributed by atoms with Crippen molar-refractivity contribution in [1.82, 2.24) is 0 Å². The monoisotopic (exact) mass is 217 g/mol. The molecule has 0 bridgehead atoms. The van der Waals surface area contributed by atoms with Gasteiger partial charge in [-0.2, -0.15) is 0 Å². The Bertz CT molecular complexity index is 426. The van der Waals surface area contributed by atoms with Gasteiger partial charge in [-0.25, -0.2) is 0 Å². The van der Waals surface area contributed by atoms with Gasteiger partial charge in [-0.3, -0.25) is 0 Å². The molecular formula is C13H10ClO. The Balaban J connectivity index is 1.99. The van der Waals surface area contributed by atoms with E-state index in [-0.39, 0.29) is 0 Å². The molecule has 0 aliphatic heterocycles. The number of benzene rings is 2. The first-order valence-corrected chi connectivity index (χ1v) is 5.07. The first-order chi connectivity index (χ1) is 7.34. The lowest BCUT2D eigenvalue weighted by Crippen LogP contribution is -1.94. The molecule has 0 atom stereocenters. The molecule has 2 aromatic carbocycles. The second kappa shape index (κ2) is 4.85. The van der Waals surface area contributed by atoms with Crippen LogP contribution in [0.5, 0.6) is 5.75 Å². The van der Waals surface area contributed by atoms with Crippen LogP contribution in [0.1, 0.15) is 5.56 Å². The summed E-state index contributed by atoms with van der Waals surface area (Å²) in [6.45, 7) is 0.539. The van der Waals surface area contributed by atoms with Crippen molar-refractivity contribution in [2.45, 2.75) is 6.61 Å². The zero-order chi connectivity index (χ0) is 10.5. The van der Waals surface area contributed by atoms with Crippen LogP contribution in [-0.4, -0.2) is 0 Å². The van der Waals surface area contributed by atoms with Gasteiger partial charge >= 0.3 is 0 Å². The highest BCUT2D eigenvalue weighted by atomic mass is 35.5. The van der Waals surface area contributed by atoms with E-state index in [9.17, 15) is 0 Å². The van der Waals surface area contributed by atoms with E-state index < -0.39 is 0 Å². The van der Waals surface area contributed by atoms with Crippen molar-refractivity contribution in [3.05, 3.63) is 65.2 Å². The Morgan fingerprint density at radius 1 is 1.00 bits per heavy atom. The molecule has 75 valence electrons. The van der Waals surface area contributed by atoms with Crippen molar-refractivity contribution in [2.24, 2.45) is 0 Å². The quantitative estimate of drug-likeness (QED) is 0.762. The van der Waals surface area contributed by atoms with Crippen molar-refractivity contribution < 1.29 is 4.74 Å². The van der Waals surface area contributed by atoms with Crippen molar-refractivity contribution in [1.29, 1.82) is 0 Å². The fraction of sp³-hybridized carbons (Fsp3) is 0.0769. The lowest BCUT2D eigenvalue weighted by Gasteiger charge is -2.05. The molecule has 0 aromatic heterocycles. The smallest absolute Gasteiger partial charge is 0.129 e. The normalized spacial score (nSPS) is 9.93. The molecule has 15 heavy (non-hydrogen) atoms. The fourth-order valence-corrected chi connectivity index (χ4v) is 1.41. The van der Waals surface area contributed by atoms with E-state index in [0.717, 1.165) is 5.56 Å². The average Bonchev–Trinajstić information content (AvgIpc) is 2.28. The lowest BCUT2D eigenvalue weighted by molar-refractivity contribution is 0.305. The molecule has 1 nitrogen and oxygen atoms in total. The van der Waals surface area contributed by atoms with Crippen molar-refractivity contribution >= 4 is 11.6 Å². The van der Waals surface area contributed by atoms with Gasteiger partial charge in [0.25, 0.3) is 0 Å². The van der Waals surface area contributed by atoms with Gasteiger partial charge in [0.05, 0.1) is 5.02 Å². The van der Waals surface area contributed by atoms with E-state index in [1.54, 1.807) is 6.07 Å². The van der Waals surface area contributed by atoms with Gasteiger partial charge in [-0.1, -0.05) is 48.0 Å². The Labute approximate surface area is 94.3 Å². The zero-order valence-corrected chi connectivity index (χ0v) is 8.87. The maximum atomic E-state index is 5.79. The van der Waals surface area contributed by atoms with Gasteiger partial charge < -0.3 is 4.74 Å². The topological polar surface area (TPSA) is 9.23 Å². The molecule has 0 fully saturated rings. The van der Waals surface area contributed by atoms with Crippen molar-refractivity contribution in [3.63, 3.8) is 0 Å². The Kier molecular flexibility index (Phi) is 3.25. The summed E-state index contributed by atoms with van der Waals surface area (Å²) >= 11 is 5.79. The minimum atomic E-state index is 0.539. The van der Waals surface area contributed by atoms with Crippen LogP contribution in [0.2, 0.25) is 5.02 Å². The third kappa shape index (κ3) is 3.00. The predicted octanol–water partition coefficient (Wildman–Crippen LogP) is 3.72. The number of halogens is 1. The lowest BCUT2D eigenvalue weighted by atomic mass is 10.2. The molecule has 0 amide bonds. The third-order valence-corrected chi connectivity index (χ3v) is 2.19. The van der Waals surface area contributed by atoms with Crippen LogP contribution >= 0.6 is 11.6 Å². The van der Waals surface area contributed by atoms with E-state index in [1.165, 1.54) is 0 Å². The number of ether oxygens (including phenoxy) is 1. The molecule has 0 saturated heterocycles. The van der Waals surface area contributed by atoms with Crippen LogP contribution in [-0.2, 0) is 6.61 Å². The van der Waals surface area contributed by atoms with E-state index in [4.69, 9.17) is 16.3 Å². The fourth-order valence-electron chi connectivity index (χ4n) is 1.24. The predicted molar refractivity (Wildman–Crippen MR) is 61.1 cm³/mol. The molecule has 0 N–H and O–H groups in total. The zero-order valence-electron chi connectivity index (χ0n) is 8.11. The van der Waals surface area contributed by atoms with Crippen LogP contribution in [0.3, 0.4) is 0 Å². The summed E-state index contributed by atoms with van der Waals surface area (Å²) in [6.07, 6.45) is 0. The van der Waals surface area contributed by atoms with Crippen LogP contribution in [0.25, 0.3) is 0 Å². The third-order valence-electron chi connectivity index (χ3n) is 1.97. The Morgan fingerprint density at radius 2 is 1.80 bits per heavy atom. The Morgan fingerprint density at radius 3 is 2.53 bits per heavy atom. The molecule has 2 aromatic rings. The molecule has 0 heterocycles. The number of rotatable bonds is 3. The largest absolute Gasteiger partial charge is 0.488 e.